The van der Waals surface area contributed by atoms with Crippen LogP contribution < -0.4 is 0 Å². The van der Waals surface area contributed by atoms with E-state index in [9.17, 15) is 0 Å². The summed E-state index contributed by atoms with van der Waals surface area (Å²) in [5, 5.41) is 1.28. The zero-order valence-corrected chi connectivity index (χ0v) is 9.27. The van der Waals surface area contributed by atoms with Gasteiger partial charge in [0.15, 0.2) is 0 Å². The number of rotatable bonds is 2. The van der Waals surface area contributed by atoms with E-state index in [0.29, 0.717) is 0 Å². The molecule has 0 amide bonds. The highest BCUT2D eigenvalue weighted by molar-refractivity contribution is 5.80. The Balaban J connectivity index is 1.98. The van der Waals surface area contributed by atoms with Crippen molar-refractivity contribution in [3.05, 3.63) is 60.0 Å². The molecular formula is C14H14N2. The third kappa shape index (κ3) is 1.52. The lowest BCUT2D eigenvalue weighted by atomic mass is 10.2. The van der Waals surface area contributed by atoms with Crippen molar-refractivity contribution in [1.82, 2.24) is 9.55 Å². The minimum absolute atomic E-state index is 0.957. The van der Waals surface area contributed by atoms with Crippen LogP contribution in [0.1, 0.15) is 11.4 Å². The molecule has 1 N–H and O–H groups in total. The van der Waals surface area contributed by atoms with Crippen LogP contribution in [-0.2, 0) is 13.5 Å². The molecule has 0 fully saturated rings. The van der Waals surface area contributed by atoms with Crippen LogP contribution in [0.4, 0.5) is 0 Å². The second-order valence-electron chi connectivity index (χ2n) is 4.17. The topological polar surface area (TPSA) is 20.7 Å². The van der Waals surface area contributed by atoms with Gasteiger partial charge in [0.1, 0.15) is 0 Å². The molecule has 3 aromatic rings. The standard InChI is InChI=1S/C14H14N2/c1-16-8-4-6-13(16)10-12-9-11-5-2-3-7-14(11)15-12/h2-9,15H,10H2,1H3. The number of hydrogen-bond acceptors (Lipinski definition) is 0. The van der Waals surface area contributed by atoms with Crippen molar-refractivity contribution in [3.8, 4) is 0 Å². The lowest BCUT2D eigenvalue weighted by Gasteiger charge is -2.00. The van der Waals surface area contributed by atoms with Gasteiger partial charge in [-0.05, 0) is 29.7 Å². The number of H-pyrrole nitrogens is 1. The monoisotopic (exact) mass is 210 g/mol. The van der Waals surface area contributed by atoms with E-state index in [0.717, 1.165) is 6.42 Å². The first-order chi connectivity index (χ1) is 7.83. The molecule has 1 aromatic carbocycles. The highest BCUT2D eigenvalue weighted by Crippen LogP contribution is 2.17. The van der Waals surface area contributed by atoms with Crippen LogP contribution in [0, 0.1) is 0 Å². The van der Waals surface area contributed by atoms with Gasteiger partial charge >= 0.3 is 0 Å². The van der Waals surface area contributed by atoms with Crippen molar-refractivity contribution in [3.63, 3.8) is 0 Å². The Hall–Kier alpha value is -1.96. The van der Waals surface area contributed by atoms with Crippen molar-refractivity contribution in [2.75, 3.05) is 0 Å². The molecule has 0 bridgehead atoms. The molecule has 0 saturated carbocycles. The molecule has 2 heteroatoms. The van der Waals surface area contributed by atoms with Gasteiger partial charge < -0.3 is 9.55 Å². The van der Waals surface area contributed by atoms with Gasteiger partial charge in [-0.2, -0.15) is 0 Å². The van der Waals surface area contributed by atoms with Gasteiger partial charge in [-0.3, -0.25) is 0 Å². The molecule has 16 heavy (non-hydrogen) atoms. The number of para-hydroxylation sites is 1. The number of aromatic amines is 1. The summed E-state index contributed by atoms with van der Waals surface area (Å²) >= 11 is 0. The first-order valence-electron chi connectivity index (χ1n) is 5.50. The third-order valence-corrected chi connectivity index (χ3v) is 3.01. The summed E-state index contributed by atoms with van der Waals surface area (Å²) in [7, 11) is 2.08. The van der Waals surface area contributed by atoms with Gasteiger partial charge in [-0.1, -0.05) is 18.2 Å². The van der Waals surface area contributed by atoms with Gasteiger partial charge in [-0.25, -0.2) is 0 Å². The van der Waals surface area contributed by atoms with Crippen LogP contribution in [0.2, 0.25) is 0 Å². The zero-order chi connectivity index (χ0) is 11.0. The molecule has 0 aliphatic carbocycles. The molecule has 2 heterocycles. The maximum atomic E-state index is 3.45. The molecule has 0 atom stereocenters. The highest BCUT2D eigenvalue weighted by Gasteiger charge is 2.03. The number of nitrogens with one attached hydrogen (secondary N) is 1. The fourth-order valence-corrected chi connectivity index (χ4v) is 2.10. The lowest BCUT2D eigenvalue weighted by molar-refractivity contribution is 0.844. The van der Waals surface area contributed by atoms with Gasteiger partial charge in [0.05, 0.1) is 0 Å². The molecule has 0 radical (unpaired) electrons. The molecule has 0 saturated heterocycles. The SMILES string of the molecule is Cn1cccc1Cc1cc2ccccc2[nH]1. The van der Waals surface area contributed by atoms with E-state index in [1.807, 2.05) is 0 Å². The highest BCUT2D eigenvalue weighted by atomic mass is 14.9. The number of nitrogens with zero attached hydrogens (tertiary/aromatic N) is 1. The van der Waals surface area contributed by atoms with E-state index in [1.165, 1.54) is 22.3 Å². The van der Waals surface area contributed by atoms with E-state index in [4.69, 9.17) is 0 Å². The number of benzene rings is 1. The molecule has 2 aromatic heterocycles. The average molecular weight is 210 g/mol. The molecule has 0 aliphatic rings. The van der Waals surface area contributed by atoms with Crippen molar-refractivity contribution in [1.29, 1.82) is 0 Å². The second kappa shape index (κ2) is 3.56. The maximum absolute atomic E-state index is 3.45. The van der Waals surface area contributed by atoms with Crippen LogP contribution in [0.3, 0.4) is 0 Å². The molecule has 80 valence electrons. The van der Waals surface area contributed by atoms with Gasteiger partial charge in [0, 0.05) is 36.6 Å². The summed E-state index contributed by atoms with van der Waals surface area (Å²) in [5.74, 6) is 0. The largest absolute Gasteiger partial charge is 0.358 e. The molecular weight excluding hydrogens is 196 g/mol. The Labute approximate surface area is 94.5 Å². The first-order valence-corrected chi connectivity index (χ1v) is 5.50. The lowest BCUT2D eigenvalue weighted by Crippen LogP contribution is -1.96. The van der Waals surface area contributed by atoms with Crippen LogP contribution in [0.25, 0.3) is 10.9 Å². The summed E-state index contributed by atoms with van der Waals surface area (Å²) in [6.07, 6.45) is 3.04. The molecule has 3 rings (SSSR count). The number of aryl methyl sites for hydroxylation is 1. The number of hydrogen-bond donors (Lipinski definition) is 1. The fraction of sp³-hybridized carbons (Fsp3) is 0.143. The van der Waals surface area contributed by atoms with Gasteiger partial charge in [-0.15, -0.1) is 0 Å². The van der Waals surface area contributed by atoms with E-state index in [-0.39, 0.29) is 0 Å². The summed E-state index contributed by atoms with van der Waals surface area (Å²) < 4.78 is 2.16. The maximum Gasteiger partial charge on any atom is 0.0456 e. The van der Waals surface area contributed by atoms with E-state index < -0.39 is 0 Å². The molecule has 0 unspecified atom stereocenters. The Morgan fingerprint density at radius 1 is 1.12 bits per heavy atom. The third-order valence-electron chi connectivity index (χ3n) is 3.01. The number of aromatic nitrogens is 2. The van der Waals surface area contributed by atoms with Crippen molar-refractivity contribution in [2.24, 2.45) is 7.05 Å². The Morgan fingerprint density at radius 3 is 2.75 bits per heavy atom. The smallest absolute Gasteiger partial charge is 0.0456 e. The van der Waals surface area contributed by atoms with Crippen LogP contribution in [0.5, 0.6) is 0 Å². The Morgan fingerprint density at radius 2 is 2.00 bits per heavy atom. The van der Waals surface area contributed by atoms with Gasteiger partial charge in [0.25, 0.3) is 0 Å². The fourth-order valence-electron chi connectivity index (χ4n) is 2.10. The van der Waals surface area contributed by atoms with Crippen molar-refractivity contribution >= 4 is 10.9 Å². The van der Waals surface area contributed by atoms with Crippen molar-refractivity contribution in [2.45, 2.75) is 6.42 Å². The Kier molecular flexibility index (Phi) is 2.07. The summed E-state index contributed by atoms with van der Waals surface area (Å²) in [5.41, 5.74) is 3.81. The summed E-state index contributed by atoms with van der Waals surface area (Å²) in [6.45, 7) is 0. The zero-order valence-electron chi connectivity index (χ0n) is 9.27. The van der Waals surface area contributed by atoms with Crippen LogP contribution in [0.15, 0.2) is 48.7 Å². The van der Waals surface area contributed by atoms with E-state index >= 15 is 0 Å². The quantitative estimate of drug-likeness (QED) is 0.671. The molecule has 0 aliphatic heterocycles. The van der Waals surface area contributed by atoms with Gasteiger partial charge in [0.2, 0.25) is 0 Å². The molecule has 0 spiro atoms. The normalized spacial score (nSPS) is 11.1. The Bertz CT molecular complexity index is 583. The van der Waals surface area contributed by atoms with Crippen molar-refractivity contribution < 1.29 is 0 Å². The summed E-state index contributed by atoms with van der Waals surface area (Å²) in [4.78, 5) is 3.45. The second-order valence-corrected chi connectivity index (χ2v) is 4.17. The van der Waals surface area contributed by atoms with Crippen LogP contribution >= 0.6 is 0 Å². The van der Waals surface area contributed by atoms with E-state index in [1.54, 1.807) is 0 Å². The predicted octanol–water partition coefficient (Wildman–Crippen LogP) is 3.10. The predicted molar refractivity (Wildman–Crippen MR) is 66.5 cm³/mol. The van der Waals surface area contributed by atoms with E-state index in [2.05, 4.69) is 65.3 Å². The van der Waals surface area contributed by atoms with Crippen LogP contribution in [-0.4, -0.2) is 9.55 Å². The average Bonchev–Trinajstić information content (AvgIpc) is 2.85. The number of fused-ring (bicyclic) bond motifs is 1. The minimum Gasteiger partial charge on any atom is -0.358 e. The summed E-state index contributed by atoms with van der Waals surface area (Å²) in [6, 6.07) is 14.9. The molecule has 2 nitrogen and oxygen atoms in total. The first kappa shape index (κ1) is 9.28. The minimum atomic E-state index is 0.957.